The topological polar surface area (TPSA) is 91.3 Å². The van der Waals surface area contributed by atoms with E-state index < -0.39 is 0 Å². The molecule has 30 heavy (non-hydrogen) atoms. The predicted octanol–water partition coefficient (Wildman–Crippen LogP) is 2.59. The number of carbonyl (C=O) groups excluding carboxylic acids is 2. The van der Waals surface area contributed by atoms with Gasteiger partial charge in [-0.1, -0.05) is 30.1 Å². The van der Waals surface area contributed by atoms with Gasteiger partial charge in [-0.3, -0.25) is 9.59 Å². The van der Waals surface area contributed by atoms with Crippen LogP contribution in [0.15, 0.2) is 37.2 Å². The van der Waals surface area contributed by atoms with E-state index in [0.717, 1.165) is 5.56 Å². The molecule has 2 amide bonds. The minimum absolute atomic E-state index is 0.0975. The Balaban J connectivity index is 2.04. The SMILES string of the molecule is C=CC(=O)N1CCN(SC)[C@@H](c2cc(Cl)nc(-c3cc(C(=O)NC)ncn3)c2)[C@@H]1C. The van der Waals surface area contributed by atoms with Crippen LogP contribution in [-0.4, -0.2) is 68.4 Å². The molecular weight excluding hydrogens is 424 g/mol. The van der Waals surface area contributed by atoms with E-state index in [-0.39, 0.29) is 29.6 Å². The van der Waals surface area contributed by atoms with Gasteiger partial charge < -0.3 is 10.2 Å². The fourth-order valence-corrected chi connectivity index (χ4v) is 4.61. The highest BCUT2D eigenvalue weighted by Gasteiger charge is 2.36. The van der Waals surface area contributed by atoms with Crippen LogP contribution in [0.3, 0.4) is 0 Å². The van der Waals surface area contributed by atoms with Crippen molar-refractivity contribution in [2.45, 2.75) is 19.0 Å². The molecule has 0 spiro atoms. The first-order chi connectivity index (χ1) is 14.4. The molecule has 158 valence electrons. The number of nitrogens with zero attached hydrogens (tertiary/aromatic N) is 5. The normalized spacial score (nSPS) is 19.4. The molecule has 1 aliphatic heterocycles. The molecule has 0 radical (unpaired) electrons. The van der Waals surface area contributed by atoms with Gasteiger partial charge in [0, 0.05) is 26.2 Å². The number of amides is 2. The molecule has 1 aliphatic rings. The molecule has 2 atom stereocenters. The predicted molar refractivity (Wildman–Crippen MR) is 118 cm³/mol. The summed E-state index contributed by atoms with van der Waals surface area (Å²) in [6.45, 7) is 6.96. The summed E-state index contributed by atoms with van der Waals surface area (Å²) in [5, 5.41) is 2.85. The minimum atomic E-state index is -0.311. The van der Waals surface area contributed by atoms with E-state index in [1.165, 1.54) is 19.5 Å². The molecular formula is C20H23ClN6O2S. The fourth-order valence-electron chi connectivity index (χ4n) is 3.61. The van der Waals surface area contributed by atoms with E-state index in [1.807, 2.05) is 24.1 Å². The summed E-state index contributed by atoms with van der Waals surface area (Å²) in [5.74, 6) is -0.409. The number of pyridine rings is 1. The Morgan fingerprint density at radius 1 is 1.27 bits per heavy atom. The lowest BCUT2D eigenvalue weighted by Crippen LogP contribution is -2.53. The van der Waals surface area contributed by atoms with E-state index in [0.29, 0.717) is 29.6 Å². The van der Waals surface area contributed by atoms with E-state index in [4.69, 9.17) is 11.6 Å². The second-order valence-electron chi connectivity index (χ2n) is 6.72. The first-order valence-corrected chi connectivity index (χ1v) is 10.9. The van der Waals surface area contributed by atoms with Gasteiger partial charge in [0.15, 0.2) is 0 Å². The molecule has 1 N–H and O–H groups in total. The van der Waals surface area contributed by atoms with E-state index in [9.17, 15) is 9.59 Å². The van der Waals surface area contributed by atoms with Gasteiger partial charge in [-0.05, 0) is 43.0 Å². The van der Waals surface area contributed by atoms with Crippen LogP contribution < -0.4 is 5.32 Å². The highest BCUT2D eigenvalue weighted by molar-refractivity contribution is 7.96. The molecule has 0 bridgehead atoms. The monoisotopic (exact) mass is 446 g/mol. The third-order valence-electron chi connectivity index (χ3n) is 5.06. The van der Waals surface area contributed by atoms with E-state index in [2.05, 4.69) is 31.2 Å². The Hall–Kier alpha value is -2.49. The maximum Gasteiger partial charge on any atom is 0.269 e. The fraction of sp³-hybridized carbons (Fsp3) is 0.350. The lowest BCUT2D eigenvalue weighted by molar-refractivity contribution is -0.130. The number of rotatable bonds is 5. The van der Waals surface area contributed by atoms with Crippen molar-refractivity contribution in [2.24, 2.45) is 0 Å². The molecule has 10 heteroatoms. The highest BCUT2D eigenvalue weighted by Crippen LogP contribution is 2.37. The molecule has 8 nitrogen and oxygen atoms in total. The summed E-state index contributed by atoms with van der Waals surface area (Å²) in [7, 11) is 1.54. The Morgan fingerprint density at radius 3 is 2.70 bits per heavy atom. The lowest BCUT2D eigenvalue weighted by atomic mass is 9.96. The zero-order valence-corrected chi connectivity index (χ0v) is 18.6. The average molecular weight is 447 g/mol. The molecule has 3 rings (SSSR count). The van der Waals surface area contributed by atoms with Crippen molar-refractivity contribution < 1.29 is 9.59 Å². The minimum Gasteiger partial charge on any atom is -0.354 e. The van der Waals surface area contributed by atoms with Gasteiger partial charge in [0.25, 0.3) is 5.91 Å². The van der Waals surface area contributed by atoms with Crippen molar-refractivity contribution in [1.82, 2.24) is 29.5 Å². The van der Waals surface area contributed by atoms with Crippen LogP contribution in [0.2, 0.25) is 5.15 Å². The molecule has 0 aliphatic carbocycles. The number of hydrogen-bond donors (Lipinski definition) is 1. The summed E-state index contributed by atoms with van der Waals surface area (Å²) in [4.78, 5) is 38.7. The van der Waals surface area contributed by atoms with Gasteiger partial charge >= 0.3 is 0 Å². The molecule has 0 aromatic carbocycles. The van der Waals surface area contributed by atoms with Crippen molar-refractivity contribution >= 4 is 35.4 Å². The molecule has 2 aromatic rings. The van der Waals surface area contributed by atoms with Crippen LogP contribution in [0, 0.1) is 0 Å². The smallest absolute Gasteiger partial charge is 0.269 e. The summed E-state index contributed by atoms with van der Waals surface area (Å²) < 4.78 is 2.23. The van der Waals surface area contributed by atoms with Crippen LogP contribution in [0.4, 0.5) is 0 Å². The standard InChI is InChI=1S/C20H23ClN6O2S/c1-5-18(28)26-6-7-27(30-4)19(12(26)2)13-8-15(25-17(21)9-13)14-10-16(20(29)22-3)24-11-23-14/h5,8-12,19H,1,6-7H2,2-4H3,(H,22,29)/t12-,19+/m0/s1. The number of piperazine rings is 1. The summed E-state index contributed by atoms with van der Waals surface area (Å²) >= 11 is 7.98. The first kappa shape index (κ1) is 22.2. The number of hydrogen-bond acceptors (Lipinski definition) is 7. The Bertz CT molecular complexity index is 972. The molecule has 1 saturated heterocycles. The lowest BCUT2D eigenvalue weighted by Gasteiger charge is -2.45. The van der Waals surface area contributed by atoms with Crippen molar-refractivity contribution in [3.8, 4) is 11.4 Å². The summed E-state index contributed by atoms with van der Waals surface area (Å²) in [6, 6.07) is 5.07. The summed E-state index contributed by atoms with van der Waals surface area (Å²) in [6.07, 6.45) is 4.67. The molecule has 1 fully saturated rings. The molecule has 3 heterocycles. The van der Waals surface area contributed by atoms with E-state index >= 15 is 0 Å². The Morgan fingerprint density at radius 2 is 2.03 bits per heavy atom. The molecule has 0 unspecified atom stereocenters. The van der Waals surface area contributed by atoms with Crippen molar-refractivity contribution in [3.63, 3.8) is 0 Å². The third-order valence-corrected chi connectivity index (χ3v) is 6.13. The average Bonchev–Trinajstić information content (AvgIpc) is 2.77. The van der Waals surface area contributed by atoms with Gasteiger partial charge in [0.1, 0.15) is 17.2 Å². The maximum absolute atomic E-state index is 12.3. The van der Waals surface area contributed by atoms with Crippen molar-refractivity contribution in [1.29, 1.82) is 0 Å². The quantitative estimate of drug-likeness (QED) is 0.428. The van der Waals surface area contributed by atoms with Crippen LogP contribution in [0.25, 0.3) is 11.4 Å². The maximum atomic E-state index is 12.3. The van der Waals surface area contributed by atoms with Crippen LogP contribution in [0.5, 0.6) is 0 Å². The first-order valence-electron chi connectivity index (χ1n) is 9.35. The van der Waals surface area contributed by atoms with Crippen LogP contribution in [0.1, 0.15) is 29.0 Å². The zero-order chi connectivity index (χ0) is 21.8. The zero-order valence-electron chi connectivity index (χ0n) is 17.0. The second-order valence-corrected chi connectivity index (χ2v) is 7.94. The number of carbonyl (C=O) groups is 2. The Labute approximate surface area is 184 Å². The van der Waals surface area contributed by atoms with Gasteiger partial charge in [-0.25, -0.2) is 19.3 Å². The van der Waals surface area contributed by atoms with Gasteiger partial charge in [-0.15, -0.1) is 0 Å². The van der Waals surface area contributed by atoms with Crippen molar-refractivity contribution in [2.75, 3.05) is 26.4 Å². The Kier molecular flexibility index (Phi) is 7.06. The molecule has 0 saturated carbocycles. The van der Waals surface area contributed by atoms with Gasteiger partial charge in [0.05, 0.1) is 17.4 Å². The number of aromatic nitrogens is 3. The van der Waals surface area contributed by atoms with Gasteiger partial charge in [0.2, 0.25) is 5.91 Å². The van der Waals surface area contributed by atoms with E-state index in [1.54, 1.807) is 24.1 Å². The second kappa shape index (κ2) is 9.55. The van der Waals surface area contributed by atoms with Crippen LogP contribution in [-0.2, 0) is 4.79 Å². The number of halogens is 1. The number of nitrogens with one attached hydrogen (secondary N) is 1. The summed E-state index contributed by atoms with van der Waals surface area (Å²) in [5.41, 5.74) is 2.18. The van der Waals surface area contributed by atoms with Crippen molar-refractivity contribution in [3.05, 3.63) is 53.6 Å². The largest absolute Gasteiger partial charge is 0.354 e. The molecule has 2 aromatic heterocycles. The van der Waals surface area contributed by atoms with Crippen LogP contribution >= 0.6 is 23.5 Å². The van der Waals surface area contributed by atoms with Gasteiger partial charge in [-0.2, -0.15) is 0 Å². The highest BCUT2D eigenvalue weighted by atomic mass is 35.5. The third kappa shape index (κ3) is 4.48.